The number of pyridine rings is 2. The lowest BCUT2D eigenvalue weighted by Crippen LogP contribution is -2.37. The van der Waals surface area contributed by atoms with E-state index in [4.69, 9.17) is 0 Å². The van der Waals surface area contributed by atoms with Crippen molar-refractivity contribution in [1.82, 2.24) is 9.13 Å². The molecule has 0 fully saturated rings. The third-order valence-electron chi connectivity index (χ3n) is 26.2. The molecule has 0 saturated heterocycles. The quantitative estimate of drug-likeness (QED) is 0.0227. The molecule has 8 nitrogen and oxygen atoms in total. The molecule has 0 aliphatic carbocycles. The maximum atomic E-state index is 16.5. The molecule has 0 N–H and O–H groups in total. The lowest BCUT2D eigenvalue weighted by molar-refractivity contribution is 0.384. The van der Waals surface area contributed by atoms with Gasteiger partial charge in [0.05, 0.1) is 0 Å². The lowest BCUT2D eigenvalue weighted by Gasteiger charge is -2.26. The number of thiophene rings is 6. The summed E-state index contributed by atoms with van der Waals surface area (Å²) in [5.41, 5.74) is 8.03. The highest BCUT2D eigenvalue weighted by Gasteiger charge is 2.34. The number of nitrogens with zero attached hydrogens (tertiary/aromatic N) is 4. The van der Waals surface area contributed by atoms with Crippen molar-refractivity contribution < 1.29 is 0 Å². The maximum absolute atomic E-state index is 16.5. The molecule has 616 valence electrons. The van der Waals surface area contributed by atoms with E-state index in [1.807, 2.05) is 0 Å². The Balaban J connectivity index is 0.758. The van der Waals surface area contributed by atoms with Crippen LogP contribution in [0.25, 0.3) is 166 Å². The van der Waals surface area contributed by atoms with Gasteiger partial charge in [0, 0.05) is 180 Å². The Bertz CT molecular complexity index is 6900. The minimum atomic E-state index is -0.270. The summed E-state index contributed by atoms with van der Waals surface area (Å²) in [4.78, 5) is 82.3. The van der Waals surface area contributed by atoms with Gasteiger partial charge < -0.3 is 9.80 Å². The molecule has 13 aromatic carbocycles. The molecule has 0 saturated carbocycles. The summed E-state index contributed by atoms with van der Waals surface area (Å²) in [5, 5.41) is 15.4. The fraction of sp³-hybridized carbons (Fsp3) is 0.236. The van der Waals surface area contributed by atoms with Gasteiger partial charge in [-0.25, -0.2) is 0 Å². The number of benzene rings is 13. The molecule has 0 unspecified atom stereocenters. The monoisotopic (exact) mass is 1730 g/mol. The number of hydrogen-bond donors (Lipinski definition) is 0. The van der Waals surface area contributed by atoms with Gasteiger partial charge >= 0.3 is 0 Å². The first-order valence-electron chi connectivity index (χ1n) is 44.9. The van der Waals surface area contributed by atoms with Crippen LogP contribution < -0.4 is 32.0 Å². The van der Waals surface area contributed by atoms with Crippen LogP contribution in [0.2, 0.25) is 0 Å². The van der Waals surface area contributed by atoms with Crippen LogP contribution in [0.4, 0.5) is 34.1 Å². The van der Waals surface area contributed by atoms with E-state index in [-0.39, 0.29) is 34.3 Å². The second-order valence-electron chi connectivity index (χ2n) is 34.0. The molecule has 8 heterocycles. The van der Waals surface area contributed by atoms with Gasteiger partial charge in [0.2, 0.25) is 0 Å². The van der Waals surface area contributed by atoms with Gasteiger partial charge in [0.15, 0.2) is 0 Å². The Hall–Kier alpha value is -11.2. The predicted molar refractivity (Wildman–Crippen MR) is 541 cm³/mol. The molecule has 0 atom stereocenters. The van der Waals surface area contributed by atoms with Gasteiger partial charge in [-0.2, -0.15) is 0 Å². The second-order valence-corrected chi connectivity index (χ2v) is 40.5. The molecule has 21 aromatic rings. The number of para-hydroxylation sites is 4. The molecule has 14 heteroatoms. The van der Waals surface area contributed by atoms with Crippen LogP contribution in [0.5, 0.6) is 0 Å². The summed E-state index contributed by atoms with van der Waals surface area (Å²) in [6, 6.07) is 91.0. The van der Waals surface area contributed by atoms with Crippen molar-refractivity contribution in [2.24, 2.45) is 0 Å². The third-order valence-corrected chi connectivity index (χ3v) is 33.8. The van der Waals surface area contributed by atoms with E-state index in [1.165, 1.54) is 29.3 Å². The summed E-state index contributed by atoms with van der Waals surface area (Å²) in [6.07, 6.45) is 19.7. The Morgan fingerprint density at radius 1 is 0.226 bits per heavy atom. The second kappa shape index (κ2) is 34.0. The fourth-order valence-corrected chi connectivity index (χ4v) is 27.0. The number of rotatable bonds is 34. The fourth-order valence-electron chi connectivity index (χ4n) is 20.2. The van der Waals surface area contributed by atoms with Crippen LogP contribution in [0.1, 0.15) is 168 Å². The predicted octanol–water partition coefficient (Wildman–Crippen LogP) is 33.7. The molecular weight excluding hydrogens is 1630 g/mol. The highest BCUT2D eigenvalue weighted by molar-refractivity contribution is 7.30. The average molecular weight is 1730 g/mol. The largest absolute Gasteiger partial charge is 0.311 e. The molecule has 124 heavy (non-hydrogen) atoms. The Morgan fingerprint density at radius 3 is 0.782 bits per heavy atom. The van der Waals surface area contributed by atoms with Gasteiger partial charge in [-0.1, -0.05) is 227 Å². The molecule has 0 bridgehead atoms. The van der Waals surface area contributed by atoms with E-state index in [0.29, 0.717) is 32.3 Å². The van der Waals surface area contributed by atoms with E-state index in [9.17, 15) is 0 Å². The van der Waals surface area contributed by atoms with Gasteiger partial charge in [-0.05, 0) is 216 Å². The average Bonchev–Trinajstić information content (AvgIpc) is 1.06. The number of aromatic nitrogens is 2. The zero-order valence-electron chi connectivity index (χ0n) is 70.4. The zero-order valence-corrected chi connectivity index (χ0v) is 75.3. The highest BCUT2D eigenvalue weighted by Crippen LogP contribution is 2.59. The summed E-state index contributed by atoms with van der Waals surface area (Å²) >= 11 is 10.7. The Labute approximate surface area is 745 Å². The summed E-state index contributed by atoms with van der Waals surface area (Å²) in [6.45, 7) is 8.95. The van der Waals surface area contributed by atoms with Crippen molar-refractivity contribution in [1.29, 1.82) is 0 Å². The number of fused-ring (bicyclic) bond motifs is 6. The van der Waals surface area contributed by atoms with Crippen molar-refractivity contribution in [3.63, 3.8) is 0 Å². The zero-order chi connectivity index (χ0) is 83.8. The van der Waals surface area contributed by atoms with Crippen LogP contribution >= 0.6 is 68.0 Å². The first-order chi connectivity index (χ1) is 61.0. The molecule has 21 rings (SSSR count). The number of unbranched alkanes of at least 4 members (excludes halogenated alkanes) is 12. The molecule has 0 amide bonds. The topological polar surface area (TPSA) is 84.6 Å². The third kappa shape index (κ3) is 14.0. The molecule has 0 spiro atoms. The SMILES string of the molecule is CCCCCCC(CCCCCC)n1c(=O)c2cc3c4cc(-c5ccc(-c6ccc(-c7ccc(N(c8ccccc8)c8ccccc8)cc7)s6)s5)sc4c4cc5c(=O)n(C(CCCCCC)CCCCCC)c(=O)c6cc7c8cc(-c9ccc(-c%10ccc(-c%11ccc(N(c%12ccccc%12)c%12ccccc%12)cc%11)s%10)s9)sc8c8cc(c1=O)c2c1c3c4c(c65)c7c81. The molecule has 8 aromatic heterocycles. The molecule has 0 radical (unpaired) electrons. The van der Waals surface area contributed by atoms with Crippen molar-refractivity contribution in [2.45, 2.75) is 168 Å². The molecule has 0 aliphatic rings. The van der Waals surface area contributed by atoms with Gasteiger partial charge in [0.25, 0.3) is 22.2 Å². The van der Waals surface area contributed by atoms with E-state index in [0.717, 1.165) is 267 Å². The van der Waals surface area contributed by atoms with Gasteiger partial charge in [-0.15, -0.1) is 68.0 Å². The molecule has 0 aliphatic heterocycles. The van der Waals surface area contributed by atoms with Crippen molar-refractivity contribution in [3.05, 3.63) is 296 Å². The van der Waals surface area contributed by atoms with Crippen LogP contribution in [0.3, 0.4) is 0 Å². The van der Waals surface area contributed by atoms with Crippen molar-refractivity contribution in [2.75, 3.05) is 9.80 Å². The molecular formula is C110H96N4O4S6. The van der Waals surface area contributed by atoms with Gasteiger partial charge in [0.1, 0.15) is 0 Å². The van der Waals surface area contributed by atoms with Crippen LogP contribution in [0, 0.1) is 0 Å². The van der Waals surface area contributed by atoms with E-state index < -0.39 is 0 Å². The number of hydrogen-bond acceptors (Lipinski definition) is 12. The first kappa shape index (κ1) is 79.9. The van der Waals surface area contributed by atoms with E-state index >= 15 is 19.2 Å². The van der Waals surface area contributed by atoms with Crippen molar-refractivity contribution in [3.8, 4) is 59.9 Å². The maximum Gasteiger partial charge on any atom is 0.261 e. The van der Waals surface area contributed by atoms with E-state index in [2.05, 4.69) is 292 Å². The minimum Gasteiger partial charge on any atom is -0.311 e. The minimum absolute atomic E-state index is 0.213. The van der Waals surface area contributed by atoms with Crippen LogP contribution in [-0.2, 0) is 0 Å². The number of anilines is 6. The Morgan fingerprint density at radius 2 is 0.484 bits per heavy atom. The summed E-state index contributed by atoms with van der Waals surface area (Å²) in [5.74, 6) is 0. The van der Waals surface area contributed by atoms with E-state index in [1.54, 1.807) is 77.2 Å². The van der Waals surface area contributed by atoms with Crippen LogP contribution in [-0.4, -0.2) is 9.13 Å². The standard InChI is InChI=1S/C110H96N4O4S6/c1-5-9-13-21-41-73(42-22-14-10-6-2)113-107(115)83-61-77-79-65-95(93-59-57-91(121-93)89-55-53-87(119-89)67-45-49-75(50-46-67)111(69-33-25-17-26-34-69)70-35-27-18-28-36-70)124-106(79)82-64-86-98-84(108(116)114(110(86)118)74(43-23-15-11-7-3)44-24-16-12-8-4)62-78-80-66-96(123-105(80)81-63-85(109(113)117)97(83)103-99(77)102(82)104(98)100(78)101(81)103)94-60-58-92(122-94)90-56-54-88(120-90)68-47-51-76(52-48-68)112(71-37-29-19-30-38-71)72-39-31-20-32-40-72/h17-20,25-40,45-66,73-74H,5-16,21-24,41-44H2,1-4H3. The Kier molecular flexibility index (Phi) is 21.9. The van der Waals surface area contributed by atoms with Crippen molar-refractivity contribution >= 4 is 208 Å². The van der Waals surface area contributed by atoms with Gasteiger partial charge in [-0.3, -0.25) is 28.3 Å². The van der Waals surface area contributed by atoms with Crippen LogP contribution in [0.15, 0.2) is 274 Å². The summed E-state index contributed by atoms with van der Waals surface area (Å²) < 4.78 is 5.52. The highest BCUT2D eigenvalue weighted by atomic mass is 32.1. The first-order valence-corrected chi connectivity index (χ1v) is 49.8. The lowest BCUT2D eigenvalue weighted by atomic mass is 9.78. The normalized spacial score (nSPS) is 12.3. The smallest absolute Gasteiger partial charge is 0.261 e. The summed E-state index contributed by atoms with van der Waals surface area (Å²) in [7, 11) is 0.